The Kier molecular flexibility index (Phi) is 10.4. The van der Waals surface area contributed by atoms with Gasteiger partial charge in [0.2, 0.25) is 10.0 Å². The van der Waals surface area contributed by atoms with Gasteiger partial charge in [-0.1, -0.05) is 12.8 Å². The molecule has 0 aromatic rings. The van der Waals surface area contributed by atoms with Gasteiger partial charge in [-0.25, -0.2) is 13.1 Å². The quantitative estimate of drug-likeness (QED) is 0.272. The first-order valence-electron chi connectivity index (χ1n) is 9.45. The van der Waals surface area contributed by atoms with Gasteiger partial charge in [-0.2, -0.15) is 0 Å². The number of ether oxygens (including phenoxy) is 1. The largest absolute Gasteiger partial charge is 0.385 e. The second-order valence-electron chi connectivity index (χ2n) is 6.72. The minimum atomic E-state index is -3.10. The summed E-state index contributed by atoms with van der Waals surface area (Å²) in [6.07, 6.45) is 6.78. The minimum Gasteiger partial charge on any atom is -0.385 e. The van der Waals surface area contributed by atoms with Crippen molar-refractivity contribution in [2.45, 2.75) is 52.4 Å². The van der Waals surface area contributed by atoms with Crippen molar-refractivity contribution in [1.82, 2.24) is 15.4 Å². The highest BCUT2D eigenvalue weighted by atomic mass is 32.2. The molecule has 25 heavy (non-hydrogen) atoms. The molecule has 0 aromatic carbocycles. The van der Waals surface area contributed by atoms with Crippen LogP contribution in [0.25, 0.3) is 0 Å². The highest BCUT2D eigenvalue weighted by molar-refractivity contribution is 7.89. The van der Waals surface area contributed by atoms with Crippen LogP contribution in [0.3, 0.4) is 0 Å². The van der Waals surface area contributed by atoms with Crippen LogP contribution >= 0.6 is 0 Å². The molecule has 0 aliphatic heterocycles. The van der Waals surface area contributed by atoms with Crippen LogP contribution in [0.15, 0.2) is 4.99 Å². The van der Waals surface area contributed by atoms with Crippen molar-refractivity contribution >= 4 is 16.0 Å². The van der Waals surface area contributed by atoms with Crippen molar-refractivity contribution < 1.29 is 13.2 Å². The molecule has 0 saturated heterocycles. The molecule has 0 spiro atoms. The molecule has 0 bridgehead atoms. The molecular formula is C17H36N4O3S. The zero-order valence-corrected chi connectivity index (χ0v) is 16.9. The lowest BCUT2D eigenvalue weighted by Crippen LogP contribution is -2.39. The predicted octanol–water partition coefficient (Wildman–Crippen LogP) is 1.47. The first kappa shape index (κ1) is 22.2. The first-order chi connectivity index (χ1) is 12.0. The fourth-order valence-electron chi connectivity index (χ4n) is 3.14. The van der Waals surface area contributed by atoms with E-state index in [0.717, 1.165) is 38.5 Å². The van der Waals surface area contributed by atoms with Crippen LogP contribution in [0.2, 0.25) is 0 Å². The predicted molar refractivity (Wildman–Crippen MR) is 103 cm³/mol. The van der Waals surface area contributed by atoms with Crippen LogP contribution < -0.4 is 15.4 Å². The Morgan fingerprint density at radius 2 is 1.88 bits per heavy atom. The van der Waals surface area contributed by atoms with Crippen molar-refractivity contribution in [1.29, 1.82) is 0 Å². The Bertz CT molecular complexity index is 488. The van der Waals surface area contributed by atoms with Crippen LogP contribution in [0.1, 0.15) is 52.4 Å². The molecule has 7 nitrogen and oxygen atoms in total. The van der Waals surface area contributed by atoms with Gasteiger partial charge >= 0.3 is 0 Å². The van der Waals surface area contributed by atoms with E-state index in [-0.39, 0.29) is 11.2 Å². The SMILES string of the molecule is CCNC(=NCC1(CCOC)CCCC1)NCCCNS(=O)(=O)CC. The van der Waals surface area contributed by atoms with Gasteiger partial charge in [0, 0.05) is 39.9 Å². The van der Waals surface area contributed by atoms with Gasteiger partial charge in [-0.15, -0.1) is 0 Å². The van der Waals surface area contributed by atoms with Crippen LogP contribution in [0.4, 0.5) is 0 Å². The highest BCUT2D eigenvalue weighted by Crippen LogP contribution is 2.41. The van der Waals surface area contributed by atoms with E-state index in [4.69, 9.17) is 9.73 Å². The van der Waals surface area contributed by atoms with Crippen LogP contribution in [-0.2, 0) is 14.8 Å². The summed E-state index contributed by atoms with van der Waals surface area (Å²) in [5, 5.41) is 6.56. The number of sulfonamides is 1. The molecule has 0 unspecified atom stereocenters. The van der Waals surface area contributed by atoms with E-state index in [1.165, 1.54) is 25.7 Å². The maximum Gasteiger partial charge on any atom is 0.211 e. The molecule has 0 amide bonds. The normalized spacial score (nSPS) is 17.6. The van der Waals surface area contributed by atoms with Gasteiger partial charge in [0.1, 0.15) is 0 Å². The van der Waals surface area contributed by atoms with Gasteiger partial charge < -0.3 is 15.4 Å². The second kappa shape index (κ2) is 11.7. The molecule has 1 fully saturated rings. The van der Waals surface area contributed by atoms with E-state index in [1.807, 2.05) is 6.92 Å². The lowest BCUT2D eigenvalue weighted by atomic mass is 9.83. The fraction of sp³-hybridized carbons (Fsp3) is 0.941. The van der Waals surface area contributed by atoms with E-state index in [9.17, 15) is 8.42 Å². The van der Waals surface area contributed by atoms with Crippen LogP contribution in [0, 0.1) is 5.41 Å². The summed E-state index contributed by atoms with van der Waals surface area (Å²) >= 11 is 0. The summed E-state index contributed by atoms with van der Waals surface area (Å²) in [7, 11) is -1.35. The molecule has 1 rings (SSSR count). The number of aliphatic imine (C=N–C) groups is 1. The molecule has 3 N–H and O–H groups in total. The molecule has 0 atom stereocenters. The summed E-state index contributed by atoms with van der Waals surface area (Å²) in [4.78, 5) is 4.78. The van der Waals surface area contributed by atoms with Crippen LogP contribution in [-0.4, -0.2) is 60.0 Å². The van der Waals surface area contributed by atoms with Gasteiger partial charge in [0.05, 0.1) is 5.75 Å². The molecule has 8 heteroatoms. The third-order valence-electron chi connectivity index (χ3n) is 4.77. The van der Waals surface area contributed by atoms with Crippen molar-refractivity contribution in [2.75, 3.05) is 45.6 Å². The summed E-state index contributed by atoms with van der Waals surface area (Å²) < 4.78 is 30.6. The third kappa shape index (κ3) is 8.87. The van der Waals surface area contributed by atoms with E-state index in [2.05, 4.69) is 15.4 Å². The minimum absolute atomic E-state index is 0.119. The number of methoxy groups -OCH3 is 1. The Labute approximate surface area is 153 Å². The van der Waals surface area contributed by atoms with Crippen molar-refractivity contribution in [3.8, 4) is 0 Å². The maximum absolute atomic E-state index is 11.4. The summed E-state index contributed by atoms with van der Waals surface area (Å²) in [6.45, 7) is 7.22. The van der Waals surface area contributed by atoms with E-state index in [1.54, 1.807) is 14.0 Å². The molecule has 0 aromatic heterocycles. The molecule has 1 saturated carbocycles. The second-order valence-corrected chi connectivity index (χ2v) is 8.82. The maximum atomic E-state index is 11.4. The number of rotatable bonds is 12. The highest BCUT2D eigenvalue weighted by Gasteiger charge is 2.33. The number of nitrogens with one attached hydrogen (secondary N) is 3. The van der Waals surface area contributed by atoms with Crippen LogP contribution in [0.5, 0.6) is 0 Å². The molecule has 1 aliphatic rings. The molecular weight excluding hydrogens is 340 g/mol. The lowest BCUT2D eigenvalue weighted by molar-refractivity contribution is 0.141. The average molecular weight is 377 g/mol. The molecule has 1 aliphatic carbocycles. The summed E-state index contributed by atoms with van der Waals surface area (Å²) in [5.41, 5.74) is 0.273. The van der Waals surface area contributed by atoms with Crippen molar-refractivity contribution in [3.63, 3.8) is 0 Å². The van der Waals surface area contributed by atoms with Gasteiger partial charge in [-0.05, 0) is 44.9 Å². The Balaban J connectivity index is 2.44. The zero-order chi connectivity index (χ0) is 18.6. The fourth-order valence-corrected chi connectivity index (χ4v) is 3.80. The Hall–Kier alpha value is -0.860. The Morgan fingerprint density at radius 1 is 1.16 bits per heavy atom. The van der Waals surface area contributed by atoms with Crippen molar-refractivity contribution in [2.24, 2.45) is 10.4 Å². The molecule has 0 heterocycles. The average Bonchev–Trinajstić information content (AvgIpc) is 3.06. The first-order valence-corrected chi connectivity index (χ1v) is 11.1. The third-order valence-corrected chi connectivity index (χ3v) is 6.17. The number of hydrogen-bond donors (Lipinski definition) is 3. The number of nitrogens with zero attached hydrogens (tertiary/aromatic N) is 1. The van der Waals surface area contributed by atoms with Gasteiger partial charge in [-0.3, -0.25) is 4.99 Å². The van der Waals surface area contributed by atoms with E-state index in [0.29, 0.717) is 13.1 Å². The monoisotopic (exact) mass is 376 g/mol. The van der Waals surface area contributed by atoms with E-state index < -0.39 is 10.0 Å². The van der Waals surface area contributed by atoms with Gasteiger partial charge in [0.15, 0.2) is 5.96 Å². The topological polar surface area (TPSA) is 91.8 Å². The number of guanidine groups is 1. The molecule has 148 valence electrons. The summed E-state index contributed by atoms with van der Waals surface area (Å²) in [5.74, 6) is 0.929. The van der Waals surface area contributed by atoms with Gasteiger partial charge in [0.25, 0.3) is 0 Å². The standard InChI is InChI=1S/C17H36N4O3S/c1-4-18-16(19-12-8-13-21-25(22,23)5-2)20-15-17(11-14-24-3)9-6-7-10-17/h21H,4-15H2,1-3H3,(H2,18,19,20). The molecule has 0 radical (unpaired) electrons. The van der Waals surface area contributed by atoms with Crippen molar-refractivity contribution in [3.05, 3.63) is 0 Å². The van der Waals surface area contributed by atoms with E-state index >= 15 is 0 Å². The number of hydrogen-bond acceptors (Lipinski definition) is 4. The lowest BCUT2D eigenvalue weighted by Gasteiger charge is -2.27. The Morgan fingerprint density at radius 3 is 2.48 bits per heavy atom. The smallest absolute Gasteiger partial charge is 0.211 e. The zero-order valence-electron chi connectivity index (χ0n) is 16.1. The summed E-state index contributed by atoms with van der Waals surface area (Å²) in [6, 6.07) is 0.